The molecule has 0 unspecified atom stereocenters. The summed E-state index contributed by atoms with van der Waals surface area (Å²) >= 11 is 6.08. The zero-order valence-corrected chi connectivity index (χ0v) is 16.4. The molecule has 1 N–H and O–H groups in total. The highest BCUT2D eigenvalue weighted by Gasteiger charge is 2.28. The molecule has 0 atom stereocenters. The largest absolute Gasteiger partial charge is 0.345 e. The number of piperidine rings is 1. The van der Waals surface area contributed by atoms with E-state index in [0.29, 0.717) is 23.8 Å². The lowest BCUT2D eigenvalue weighted by Gasteiger charge is -2.25. The van der Waals surface area contributed by atoms with Gasteiger partial charge in [0.05, 0.1) is 0 Å². The van der Waals surface area contributed by atoms with Crippen LogP contribution in [0.25, 0.3) is 0 Å². The van der Waals surface area contributed by atoms with E-state index in [9.17, 15) is 13.2 Å². The SMILES string of the molecule is Cc1ccc(NC(=O)c2cc(S(=O)(=O)N3CCCCC3)cn2C)cc1Cl. The van der Waals surface area contributed by atoms with Crippen molar-refractivity contribution in [3.05, 3.63) is 46.7 Å². The van der Waals surface area contributed by atoms with Gasteiger partial charge in [-0.2, -0.15) is 4.31 Å². The molecule has 6 nitrogen and oxygen atoms in total. The number of carbonyl (C=O) groups excluding carboxylic acids is 1. The van der Waals surface area contributed by atoms with Crippen LogP contribution in [0.4, 0.5) is 5.69 Å². The van der Waals surface area contributed by atoms with E-state index in [0.717, 1.165) is 24.8 Å². The number of amides is 1. The van der Waals surface area contributed by atoms with Crippen molar-refractivity contribution in [3.8, 4) is 0 Å². The minimum absolute atomic E-state index is 0.147. The van der Waals surface area contributed by atoms with Crippen LogP contribution in [0, 0.1) is 6.92 Å². The molecule has 0 bridgehead atoms. The van der Waals surface area contributed by atoms with E-state index >= 15 is 0 Å². The van der Waals surface area contributed by atoms with Crippen molar-refractivity contribution in [3.63, 3.8) is 0 Å². The summed E-state index contributed by atoms with van der Waals surface area (Å²) < 4.78 is 28.6. The van der Waals surface area contributed by atoms with Crippen molar-refractivity contribution in [1.82, 2.24) is 8.87 Å². The molecule has 1 fully saturated rings. The number of aryl methyl sites for hydroxylation is 2. The lowest BCUT2D eigenvalue weighted by Crippen LogP contribution is -2.35. The summed E-state index contributed by atoms with van der Waals surface area (Å²) in [6, 6.07) is 6.67. The molecule has 140 valence electrons. The summed E-state index contributed by atoms with van der Waals surface area (Å²) in [6.45, 7) is 2.93. The minimum Gasteiger partial charge on any atom is -0.345 e. The lowest BCUT2D eigenvalue weighted by molar-refractivity contribution is 0.101. The highest BCUT2D eigenvalue weighted by Crippen LogP contribution is 2.24. The maximum absolute atomic E-state index is 12.8. The number of benzene rings is 1. The number of halogens is 1. The molecule has 2 aromatic rings. The van der Waals surface area contributed by atoms with E-state index in [-0.39, 0.29) is 16.5 Å². The smallest absolute Gasteiger partial charge is 0.272 e. The van der Waals surface area contributed by atoms with Crippen molar-refractivity contribution >= 4 is 33.2 Å². The molecule has 26 heavy (non-hydrogen) atoms. The normalized spacial score (nSPS) is 15.8. The number of nitrogens with zero attached hydrogens (tertiary/aromatic N) is 2. The molecule has 1 aromatic heterocycles. The van der Waals surface area contributed by atoms with Gasteiger partial charge in [0.25, 0.3) is 5.91 Å². The molecule has 0 saturated carbocycles. The van der Waals surface area contributed by atoms with E-state index in [1.54, 1.807) is 19.2 Å². The summed E-state index contributed by atoms with van der Waals surface area (Å²) in [6.07, 6.45) is 4.27. The molecular formula is C18H22ClN3O3S. The van der Waals surface area contributed by atoms with Gasteiger partial charge in [-0.25, -0.2) is 8.42 Å². The van der Waals surface area contributed by atoms with Crippen LogP contribution in [0.15, 0.2) is 35.4 Å². The van der Waals surface area contributed by atoms with Gasteiger partial charge in [-0.05, 0) is 43.5 Å². The molecule has 0 aliphatic carbocycles. The van der Waals surface area contributed by atoms with Crippen molar-refractivity contribution in [2.24, 2.45) is 7.05 Å². The van der Waals surface area contributed by atoms with E-state index in [1.165, 1.54) is 21.1 Å². The van der Waals surface area contributed by atoms with Crippen LogP contribution in [0.2, 0.25) is 5.02 Å². The molecule has 0 spiro atoms. The maximum atomic E-state index is 12.8. The third-order valence-electron chi connectivity index (χ3n) is 4.60. The molecule has 8 heteroatoms. The average Bonchev–Trinajstić information content (AvgIpc) is 3.02. The second-order valence-electron chi connectivity index (χ2n) is 6.55. The number of hydrogen-bond donors (Lipinski definition) is 1. The fourth-order valence-electron chi connectivity index (χ4n) is 3.02. The standard InChI is InChI=1S/C18H22ClN3O3S/c1-13-6-7-14(10-16(13)19)20-18(23)17-11-15(12-21(17)2)26(24,25)22-8-4-3-5-9-22/h6-7,10-12H,3-5,8-9H2,1-2H3,(H,20,23). The number of nitrogens with one attached hydrogen (secondary N) is 1. The molecule has 1 amide bonds. The molecule has 1 aliphatic rings. The summed E-state index contributed by atoms with van der Waals surface area (Å²) in [5, 5.41) is 3.32. The Morgan fingerprint density at radius 2 is 1.85 bits per heavy atom. The third kappa shape index (κ3) is 3.79. The Bertz CT molecular complexity index is 931. The van der Waals surface area contributed by atoms with Gasteiger partial charge in [0.2, 0.25) is 10.0 Å². The Morgan fingerprint density at radius 1 is 1.15 bits per heavy atom. The maximum Gasteiger partial charge on any atom is 0.272 e. The van der Waals surface area contributed by atoms with Crippen molar-refractivity contribution in [2.75, 3.05) is 18.4 Å². The van der Waals surface area contributed by atoms with Gasteiger partial charge < -0.3 is 9.88 Å². The van der Waals surface area contributed by atoms with Crippen molar-refractivity contribution in [1.29, 1.82) is 0 Å². The number of anilines is 1. The topological polar surface area (TPSA) is 71.4 Å². The number of aromatic nitrogens is 1. The first-order chi connectivity index (χ1) is 12.3. The third-order valence-corrected chi connectivity index (χ3v) is 6.87. The van der Waals surface area contributed by atoms with Gasteiger partial charge in [-0.15, -0.1) is 0 Å². The second-order valence-corrected chi connectivity index (χ2v) is 8.90. The zero-order chi connectivity index (χ0) is 18.9. The monoisotopic (exact) mass is 395 g/mol. The first kappa shape index (κ1) is 18.9. The predicted molar refractivity (Wildman–Crippen MR) is 102 cm³/mol. The van der Waals surface area contributed by atoms with Crippen LogP contribution in [-0.4, -0.2) is 36.3 Å². The minimum atomic E-state index is -3.57. The quantitative estimate of drug-likeness (QED) is 0.862. The summed E-state index contributed by atoms with van der Waals surface area (Å²) in [4.78, 5) is 12.7. The van der Waals surface area contributed by atoms with E-state index < -0.39 is 10.0 Å². The van der Waals surface area contributed by atoms with E-state index in [4.69, 9.17) is 11.6 Å². The van der Waals surface area contributed by atoms with Gasteiger partial charge in [0, 0.05) is 37.0 Å². The number of rotatable bonds is 4. The number of hydrogen-bond acceptors (Lipinski definition) is 3. The van der Waals surface area contributed by atoms with Gasteiger partial charge in [-0.1, -0.05) is 24.1 Å². The van der Waals surface area contributed by atoms with E-state index in [1.807, 2.05) is 13.0 Å². The van der Waals surface area contributed by atoms with Crippen LogP contribution >= 0.6 is 11.6 Å². The van der Waals surface area contributed by atoms with Gasteiger partial charge in [0.1, 0.15) is 10.6 Å². The molecule has 1 saturated heterocycles. The molecule has 1 aliphatic heterocycles. The lowest BCUT2D eigenvalue weighted by atomic mass is 10.2. The summed E-state index contributed by atoms with van der Waals surface area (Å²) in [5.74, 6) is -0.382. The summed E-state index contributed by atoms with van der Waals surface area (Å²) in [7, 11) is -1.91. The van der Waals surface area contributed by atoms with Crippen molar-refractivity contribution < 1.29 is 13.2 Å². The van der Waals surface area contributed by atoms with Crippen molar-refractivity contribution in [2.45, 2.75) is 31.1 Å². The number of carbonyl (C=O) groups is 1. The van der Waals surface area contributed by atoms with Gasteiger partial charge in [0.15, 0.2) is 0 Å². The highest BCUT2D eigenvalue weighted by molar-refractivity contribution is 7.89. The van der Waals surface area contributed by atoms with Crippen LogP contribution in [0.1, 0.15) is 35.3 Å². The Morgan fingerprint density at radius 3 is 2.50 bits per heavy atom. The Balaban J connectivity index is 1.83. The molecule has 2 heterocycles. The molecule has 0 radical (unpaired) electrons. The van der Waals surface area contributed by atoms with Crippen LogP contribution < -0.4 is 5.32 Å². The molecule has 3 rings (SSSR count). The molecule has 1 aromatic carbocycles. The van der Waals surface area contributed by atoms with Gasteiger partial charge in [-0.3, -0.25) is 4.79 Å². The summed E-state index contributed by atoms with van der Waals surface area (Å²) in [5.41, 5.74) is 1.75. The number of sulfonamides is 1. The molecular weight excluding hydrogens is 374 g/mol. The Kier molecular flexibility index (Phi) is 5.41. The highest BCUT2D eigenvalue weighted by atomic mass is 35.5. The van der Waals surface area contributed by atoms with Crippen LogP contribution in [0.3, 0.4) is 0 Å². The van der Waals surface area contributed by atoms with Crippen LogP contribution in [-0.2, 0) is 17.1 Å². The Labute approximate surface area is 158 Å². The van der Waals surface area contributed by atoms with Gasteiger partial charge >= 0.3 is 0 Å². The fraction of sp³-hybridized carbons (Fsp3) is 0.389. The predicted octanol–water partition coefficient (Wildman–Crippen LogP) is 3.41. The second kappa shape index (κ2) is 7.42. The average molecular weight is 396 g/mol. The fourth-order valence-corrected chi connectivity index (χ4v) is 4.79. The first-order valence-electron chi connectivity index (χ1n) is 8.53. The zero-order valence-electron chi connectivity index (χ0n) is 14.8. The van der Waals surface area contributed by atoms with Crippen LogP contribution in [0.5, 0.6) is 0 Å². The van der Waals surface area contributed by atoms with E-state index in [2.05, 4.69) is 5.32 Å². The first-order valence-corrected chi connectivity index (χ1v) is 10.3. The Hall–Kier alpha value is -1.83.